The molecular weight excluding hydrogens is 261 g/mol. The van der Waals surface area contributed by atoms with Gasteiger partial charge in [-0.1, -0.05) is 12.1 Å². The fourth-order valence-electron chi connectivity index (χ4n) is 2.39. The molecule has 1 aromatic rings. The molecule has 2 N–H and O–H groups in total. The van der Waals surface area contributed by atoms with Gasteiger partial charge in [0.1, 0.15) is 11.7 Å². The summed E-state index contributed by atoms with van der Waals surface area (Å²) in [5, 5.41) is 12.8. The predicted molar refractivity (Wildman–Crippen MR) is 72.9 cm³/mol. The molecule has 4 nitrogen and oxygen atoms in total. The van der Waals surface area contributed by atoms with Gasteiger partial charge >= 0.3 is 0 Å². The van der Waals surface area contributed by atoms with Crippen LogP contribution >= 0.6 is 0 Å². The number of nitrogens with one attached hydrogen (secondary N) is 1. The van der Waals surface area contributed by atoms with Gasteiger partial charge in [-0.2, -0.15) is 0 Å². The van der Waals surface area contributed by atoms with Crippen molar-refractivity contribution in [3.05, 3.63) is 30.1 Å². The quantitative estimate of drug-likeness (QED) is 0.868. The van der Waals surface area contributed by atoms with Crippen LogP contribution in [-0.2, 0) is 4.79 Å². The van der Waals surface area contributed by atoms with E-state index in [1.54, 1.807) is 19.1 Å². The topological polar surface area (TPSA) is 58.6 Å². The summed E-state index contributed by atoms with van der Waals surface area (Å²) in [5.41, 5.74) is -1.24. The van der Waals surface area contributed by atoms with E-state index < -0.39 is 11.4 Å². The minimum atomic E-state index is -1.24. The zero-order chi connectivity index (χ0) is 14.6. The van der Waals surface area contributed by atoms with E-state index in [2.05, 4.69) is 5.32 Å². The van der Waals surface area contributed by atoms with Crippen LogP contribution in [-0.4, -0.2) is 29.3 Å². The van der Waals surface area contributed by atoms with Crippen LogP contribution in [0.5, 0.6) is 5.75 Å². The Bertz CT molecular complexity index is 472. The lowest BCUT2D eigenvalue weighted by Gasteiger charge is -2.22. The Kier molecular flexibility index (Phi) is 4.60. The third kappa shape index (κ3) is 3.48. The van der Waals surface area contributed by atoms with Crippen molar-refractivity contribution in [2.45, 2.75) is 44.3 Å². The summed E-state index contributed by atoms with van der Waals surface area (Å²) in [6.07, 6.45) is 2.36. The van der Waals surface area contributed by atoms with Crippen LogP contribution in [0, 0.1) is 5.82 Å². The molecule has 1 aromatic carbocycles. The molecular formula is C15H20FNO3. The van der Waals surface area contributed by atoms with Crippen molar-refractivity contribution in [3.8, 4) is 5.75 Å². The van der Waals surface area contributed by atoms with Crippen LogP contribution in [0.4, 0.5) is 4.39 Å². The van der Waals surface area contributed by atoms with Crippen molar-refractivity contribution in [2.24, 2.45) is 0 Å². The summed E-state index contributed by atoms with van der Waals surface area (Å²) < 4.78 is 18.8. The van der Waals surface area contributed by atoms with E-state index in [1.165, 1.54) is 12.1 Å². The van der Waals surface area contributed by atoms with Gasteiger partial charge in [-0.25, -0.2) is 4.39 Å². The molecule has 0 aliphatic heterocycles. The molecule has 20 heavy (non-hydrogen) atoms. The largest absolute Gasteiger partial charge is 0.486 e. The van der Waals surface area contributed by atoms with Gasteiger partial charge in [0.25, 0.3) is 5.91 Å². The Hall–Kier alpha value is -1.62. The number of benzene rings is 1. The molecule has 1 amide bonds. The number of halogens is 1. The lowest BCUT2D eigenvalue weighted by atomic mass is 10.0. The van der Waals surface area contributed by atoms with E-state index in [0.29, 0.717) is 12.8 Å². The Morgan fingerprint density at radius 1 is 1.45 bits per heavy atom. The Morgan fingerprint density at radius 2 is 2.10 bits per heavy atom. The van der Waals surface area contributed by atoms with Gasteiger partial charge in [0.2, 0.25) is 0 Å². The standard InChI is InChI=1S/C15H20FNO3/c1-11(20-13-7-3-2-6-12(13)16)10-17-14(18)15(19)8-4-5-9-15/h2-3,6-7,11,19H,4-5,8-10H2,1H3,(H,17,18). The molecule has 0 spiro atoms. The number of amides is 1. The first-order valence-electron chi connectivity index (χ1n) is 6.93. The molecule has 1 unspecified atom stereocenters. The number of rotatable bonds is 5. The van der Waals surface area contributed by atoms with Crippen molar-refractivity contribution in [1.82, 2.24) is 5.32 Å². The molecule has 1 aliphatic rings. The molecule has 110 valence electrons. The second kappa shape index (κ2) is 6.22. The van der Waals surface area contributed by atoms with E-state index in [1.807, 2.05) is 0 Å². The van der Waals surface area contributed by atoms with Crippen molar-refractivity contribution in [3.63, 3.8) is 0 Å². The van der Waals surface area contributed by atoms with Crippen LogP contribution < -0.4 is 10.1 Å². The van der Waals surface area contributed by atoms with Crippen LogP contribution in [0.25, 0.3) is 0 Å². The SMILES string of the molecule is CC(CNC(=O)C1(O)CCCC1)Oc1ccccc1F. The minimum Gasteiger partial charge on any atom is -0.486 e. The van der Waals surface area contributed by atoms with E-state index in [9.17, 15) is 14.3 Å². The highest BCUT2D eigenvalue weighted by Gasteiger charge is 2.38. The smallest absolute Gasteiger partial charge is 0.252 e. The Labute approximate surface area is 117 Å². The maximum atomic E-state index is 13.4. The second-order valence-electron chi connectivity index (χ2n) is 5.31. The van der Waals surface area contributed by atoms with Gasteiger partial charge < -0.3 is 15.2 Å². The highest BCUT2D eigenvalue weighted by molar-refractivity contribution is 5.85. The summed E-state index contributed by atoms with van der Waals surface area (Å²) in [6.45, 7) is 1.97. The van der Waals surface area contributed by atoms with E-state index >= 15 is 0 Å². The second-order valence-corrected chi connectivity index (χ2v) is 5.31. The maximum absolute atomic E-state index is 13.4. The first-order chi connectivity index (χ1) is 9.51. The lowest BCUT2D eigenvalue weighted by molar-refractivity contribution is -0.139. The molecule has 1 aliphatic carbocycles. The van der Waals surface area contributed by atoms with Crippen molar-refractivity contribution in [1.29, 1.82) is 0 Å². The van der Waals surface area contributed by atoms with Crippen LogP contribution in [0.3, 0.4) is 0 Å². The summed E-state index contributed by atoms with van der Waals surface area (Å²) in [5.74, 6) is -0.632. The molecule has 0 saturated heterocycles. The van der Waals surface area contributed by atoms with Crippen LogP contribution in [0.1, 0.15) is 32.6 Å². The average Bonchev–Trinajstić information content (AvgIpc) is 2.87. The number of aliphatic hydroxyl groups is 1. The average molecular weight is 281 g/mol. The highest BCUT2D eigenvalue weighted by atomic mass is 19.1. The van der Waals surface area contributed by atoms with Gasteiger partial charge in [-0.15, -0.1) is 0 Å². The molecule has 1 atom stereocenters. The summed E-state index contributed by atoms with van der Waals surface area (Å²) >= 11 is 0. The molecule has 5 heteroatoms. The summed E-state index contributed by atoms with van der Waals surface area (Å²) in [6, 6.07) is 6.13. The Morgan fingerprint density at radius 3 is 2.75 bits per heavy atom. The fourth-order valence-corrected chi connectivity index (χ4v) is 2.39. The highest BCUT2D eigenvalue weighted by Crippen LogP contribution is 2.29. The summed E-state index contributed by atoms with van der Waals surface area (Å²) in [7, 11) is 0. The molecule has 0 heterocycles. The zero-order valence-electron chi connectivity index (χ0n) is 11.6. The van der Waals surface area contributed by atoms with Gasteiger partial charge in [0.05, 0.1) is 6.54 Å². The van der Waals surface area contributed by atoms with Gasteiger partial charge in [0.15, 0.2) is 11.6 Å². The van der Waals surface area contributed by atoms with Gasteiger partial charge in [-0.05, 0) is 44.7 Å². The molecule has 0 aromatic heterocycles. The number of carbonyl (C=O) groups excluding carboxylic acids is 1. The van der Waals surface area contributed by atoms with Crippen LogP contribution in [0.2, 0.25) is 0 Å². The molecule has 2 rings (SSSR count). The van der Waals surface area contributed by atoms with Crippen molar-refractivity contribution < 1.29 is 19.0 Å². The first kappa shape index (κ1) is 14.8. The summed E-state index contributed by atoms with van der Waals surface area (Å²) in [4.78, 5) is 11.9. The number of hydrogen-bond donors (Lipinski definition) is 2. The predicted octanol–water partition coefficient (Wildman–Crippen LogP) is 2.01. The zero-order valence-corrected chi connectivity index (χ0v) is 11.6. The van der Waals surface area contributed by atoms with E-state index in [0.717, 1.165) is 12.8 Å². The molecule has 0 bridgehead atoms. The number of hydrogen-bond acceptors (Lipinski definition) is 3. The van der Waals surface area contributed by atoms with E-state index in [-0.39, 0.29) is 24.3 Å². The molecule has 1 fully saturated rings. The van der Waals surface area contributed by atoms with Gasteiger partial charge in [0, 0.05) is 0 Å². The van der Waals surface area contributed by atoms with Crippen molar-refractivity contribution in [2.75, 3.05) is 6.54 Å². The van der Waals surface area contributed by atoms with Crippen molar-refractivity contribution >= 4 is 5.91 Å². The number of carbonyl (C=O) groups is 1. The monoisotopic (exact) mass is 281 g/mol. The normalized spacial score (nSPS) is 18.6. The lowest BCUT2D eigenvalue weighted by Crippen LogP contribution is -2.47. The first-order valence-corrected chi connectivity index (χ1v) is 6.93. The molecule has 0 radical (unpaired) electrons. The van der Waals surface area contributed by atoms with E-state index in [4.69, 9.17) is 4.74 Å². The number of para-hydroxylation sites is 1. The third-order valence-electron chi connectivity index (χ3n) is 3.57. The van der Waals surface area contributed by atoms with Gasteiger partial charge in [-0.3, -0.25) is 4.79 Å². The number of ether oxygens (including phenoxy) is 1. The fraction of sp³-hybridized carbons (Fsp3) is 0.533. The Balaban J connectivity index is 1.82. The molecule has 1 saturated carbocycles. The third-order valence-corrected chi connectivity index (χ3v) is 3.57. The maximum Gasteiger partial charge on any atom is 0.252 e. The van der Waals surface area contributed by atoms with Crippen LogP contribution in [0.15, 0.2) is 24.3 Å². The minimum absolute atomic E-state index is 0.161.